The highest BCUT2D eigenvalue weighted by Gasteiger charge is 2.11. The molecule has 0 saturated carbocycles. The second kappa shape index (κ2) is 6.00. The molecular formula is C9H19NO2. The standard InChI is InChI=1S/C9H19NO2/c1-4-5-6-10(3)8(2)7-9(11)12/h8H,4-7H2,1-3H3,(H,11,12). The fraction of sp³-hybridized carbons (Fsp3) is 0.889. The van der Waals surface area contributed by atoms with Crippen molar-refractivity contribution >= 4 is 5.97 Å². The van der Waals surface area contributed by atoms with Gasteiger partial charge in [-0.2, -0.15) is 0 Å². The fourth-order valence-electron chi connectivity index (χ4n) is 1.04. The highest BCUT2D eigenvalue weighted by Crippen LogP contribution is 2.02. The number of carboxylic acid groups (broad SMARTS) is 1. The maximum atomic E-state index is 10.4. The molecule has 0 fully saturated rings. The van der Waals surface area contributed by atoms with Crippen molar-refractivity contribution in [3.8, 4) is 0 Å². The third-order valence-electron chi connectivity index (χ3n) is 2.09. The van der Waals surface area contributed by atoms with Gasteiger partial charge in [0.1, 0.15) is 0 Å². The average Bonchev–Trinajstić information content (AvgIpc) is 1.98. The minimum Gasteiger partial charge on any atom is -0.481 e. The molecule has 3 heteroatoms. The molecule has 0 radical (unpaired) electrons. The topological polar surface area (TPSA) is 40.5 Å². The van der Waals surface area contributed by atoms with Crippen molar-refractivity contribution in [1.29, 1.82) is 0 Å². The van der Waals surface area contributed by atoms with Crippen molar-refractivity contribution < 1.29 is 9.90 Å². The summed E-state index contributed by atoms with van der Waals surface area (Å²) in [4.78, 5) is 12.5. The Labute approximate surface area is 74.4 Å². The predicted octanol–water partition coefficient (Wildman–Crippen LogP) is 1.58. The smallest absolute Gasteiger partial charge is 0.304 e. The third kappa shape index (κ3) is 5.13. The molecule has 72 valence electrons. The van der Waals surface area contributed by atoms with Crippen LogP contribution in [0, 0.1) is 0 Å². The average molecular weight is 173 g/mol. The molecule has 3 nitrogen and oxygen atoms in total. The summed E-state index contributed by atoms with van der Waals surface area (Å²) in [7, 11) is 1.98. The lowest BCUT2D eigenvalue weighted by atomic mass is 10.2. The number of hydrogen-bond acceptors (Lipinski definition) is 2. The van der Waals surface area contributed by atoms with Crippen LogP contribution in [0.4, 0.5) is 0 Å². The third-order valence-corrected chi connectivity index (χ3v) is 2.09. The van der Waals surface area contributed by atoms with Gasteiger partial charge in [0, 0.05) is 6.04 Å². The number of rotatable bonds is 6. The molecule has 0 aliphatic carbocycles. The first kappa shape index (κ1) is 11.4. The second-order valence-electron chi connectivity index (χ2n) is 3.28. The zero-order valence-corrected chi connectivity index (χ0v) is 8.21. The highest BCUT2D eigenvalue weighted by molar-refractivity contribution is 5.67. The quantitative estimate of drug-likeness (QED) is 0.663. The van der Waals surface area contributed by atoms with Crippen molar-refractivity contribution in [2.75, 3.05) is 13.6 Å². The summed E-state index contributed by atoms with van der Waals surface area (Å²) in [6.45, 7) is 5.07. The summed E-state index contributed by atoms with van der Waals surface area (Å²) in [5.41, 5.74) is 0. The molecule has 0 bridgehead atoms. The van der Waals surface area contributed by atoms with Crippen molar-refractivity contribution in [3.05, 3.63) is 0 Å². The van der Waals surface area contributed by atoms with Crippen LogP contribution in [-0.4, -0.2) is 35.6 Å². The Bertz CT molecular complexity index is 136. The maximum absolute atomic E-state index is 10.4. The minimum absolute atomic E-state index is 0.147. The summed E-state index contributed by atoms with van der Waals surface area (Å²) in [6, 6.07) is 0.147. The van der Waals surface area contributed by atoms with E-state index in [9.17, 15) is 4.79 Å². The van der Waals surface area contributed by atoms with Gasteiger partial charge < -0.3 is 10.0 Å². The molecular weight excluding hydrogens is 154 g/mol. The van der Waals surface area contributed by atoms with Gasteiger partial charge in [-0.1, -0.05) is 13.3 Å². The normalized spacial score (nSPS) is 13.3. The zero-order valence-electron chi connectivity index (χ0n) is 8.21. The SMILES string of the molecule is CCCCN(C)C(C)CC(=O)O. The van der Waals surface area contributed by atoms with E-state index in [0.29, 0.717) is 0 Å². The Balaban J connectivity index is 3.60. The van der Waals surface area contributed by atoms with E-state index in [2.05, 4.69) is 11.8 Å². The van der Waals surface area contributed by atoms with Gasteiger partial charge in [0.05, 0.1) is 6.42 Å². The zero-order chi connectivity index (χ0) is 9.56. The number of hydrogen-bond donors (Lipinski definition) is 1. The molecule has 0 saturated heterocycles. The number of carbonyl (C=O) groups is 1. The van der Waals surface area contributed by atoms with E-state index < -0.39 is 5.97 Å². The van der Waals surface area contributed by atoms with Gasteiger partial charge in [-0.15, -0.1) is 0 Å². The van der Waals surface area contributed by atoms with Crippen LogP contribution in [0.2, 0.25) is 0 Å². The van der Waals surface area contributed by atoms with Crippen LogP contribution in [0.15, 0.2) is 0 Å². The number of carboxylic acids is 1. The van der Waals surface area contributed by atoms with E-state index in [1.807, 2.05) is 14.0 Å². The van der Waals surface area contributed by atoms with E-state index in [4.69, 9.17) is 5.11 Å². The first-order valence-corrected chi connectivity index (χ1v) is 4.50. The molecule has 1 atom stereocenters. The van der Waals surface area contributed by atoms with E-state index in [1.54, 1.807) is 0 Å². The first-order chi connectivity index (χ1) is 5.57. The maximum Gasteiger partial charge on any atom is 0.304 e. The molecule has 0 aliphatic heterocycles. The summed E-state index contributed by atoms with van der Waals surface area (Å²) in [5, 5.41) is 8.53. The van der Waals surface area contributed by atoms with Crippen LogP contribution < -0.4 is 0 Å². The minimum atomic E-state index is -0.717. The van der Waals surface area contributed by atoms with Crippen molar-refractivity contribution in [3.63, 3.8) is 0 Å². The molecule has 0 rings (SSSR count). The van der Waals surface area contributed by atoms with Gasteiger partial charge in [-0.05, 0) is 26.9 Å². The lowest BCUT2D eigenvalue weighted by molar-refractivity contribution is -0.138. The van der Waals surface area contributed by atoms with Crippen LogP contribution >= 0.6 is 0 Å². The molecule has 0 aromatic heterocycles. The van der Waals surface area contributed by atoms with E-state index >= 15 is 0 Å². The fourth-order valence-corrected chi connectivity index (χ4v) is 1.04. The summed E-state index contributed by atoms with van der Waals surface area (Å²) in [6.07, 6.45) is 2.53. The van der Waals surface area contributed by atoms with Gasteiger partial charge in [-0.3, -0.25) is 4.79 Å². The van der Waals surface area contributed by atoms with E-state index in [0.717, 1.165) is 19.4 Å². The van der Waals surface area contributed by atoms with E-state index in [-0.39, 0.29) is 12.5 Å². The molecule has 1 unspecified atom stereocenters. The Kier molecular flexibility index (Phi) is 5.72. The Hall–Kier alpha value is -0.570. The van der Waals surface area contributed by atoms with Crippen molar-refractivity contribution in [2.24, 2.45) is 0 Å². The van der Waals surface area contributed by atoms with E-state index in [1.165, 1.54) is 0 Å². The van der Waals surface area contributed by atoms with Crippen molar-refractivity contribution in [2.45, 2.75) is 39.2 Å². The Morgan fingerprint density at radius 1 is 1.58 bits per heavy atom. The van der Waals surface area contributed by atoms with Gasteiger partial charge in [0.15, 0.2) is 0 Å². The van der Waals surface area contributed by atoms with Crippen LogP contribution in [-0.2, 0) is 4.79 Å². The largest absolute Gasteiger partial charge is 0.481 e. The Morgan fingerprint density at radius 3 is 2.58 bits per heavy atom. The number of nitrogens with zero attached hydrogens (tertiary/aromatic N) is 1. The molecule has 0 spiro atoms. The van der Waals surface area contributed by atoms with Gasteiger partial charge >= 0.3 is 5.97 Å². The molecule has 12 heavy (non-hydrogen) atoms. The molecule has 1 N–H and O–H groups in total. The van der Waals surface area contributed by atoms with Gasteiger partial charge in [0.25, 0.3) is 0 Å². The molecule has 0 aromatic rings. The van der Waals surface area contributed by atoms with Crippen LogP contribution in [0.5, 0.6) is 0 Å². The predicted molar refractivity (Wildman–Crippen MR) is 49.3 cm³/mol. The summed E-state index contributed by atoms with van der Waals surface area (Å²) >= 11 is 0. The first-order valence-electron chi connectivity index (χ1n) is 4.50. The lowest BCUT2D eigenvalue weighted by Gasteiger charge is -2.22. The Morgan fingerprint density at radius 2 is 2.17 bits per heavy atom. The monoisotopic (exact) mass is 173 g/mol. The second-order valence-corrected chi connectivity index (χ2v) is 3.28. The van der Waals surface area contributed by atoms with Crippen LogP contribution in [0.1, 0.15) is 33.1 Å². The molecule has 0 aromatic carbocycles. The number of unbranched alkanes of at least 4 members (excludes halogenated alkanes) is 1. The van der Waals surface area contributed by atoms with Crippen LogP contribution in [0.3, 0.4) is 0 Å². The summed E-state index contributed by atoms with van der Waals surface area (Å²) < 4.78 is 0. The molecule has 0 heterocycles. The molecule has 0 aliphatic rings. The number of aliphatic carboxylic acids is 1. The lowest BCUT2D eigenvalue weighted by Crippen LogP contribution is -2.31. The molecule has 0 amide bonds. The summed E-state index contributed by atoms with van der Waals surface area (Å²) in [5.74, 6) is -0.717. The van der Waals surface area contributed by atoms with Crippen LogP contribution in [0.25, 0.3) is 0 Å². The highest BCUT2D eigenvalue weighted by atomic mass is 16.4. The van der Waals surface area contributed by atoms with Gasteiger partial charge in [0.2, 0.25) is 0 Å². The van der Waals surface area contributed by atoms with Crippen molar-refractivity contribution in [1.82, 2.24) is 4.90 Å². The van der Waals surface area contributed by atoms with Gasteiger partial charge in [-0.25, -0.2) is 0 Å².